The second kappa shape index (κ2) is 8.81. The zero-order valence-corrected chi connectivity index (χ0v) is 17.7. The molecule has 0 atom stereocenters. The highest BCUT2D eigenvalue weighted by Gasteiger charge is 2.30. The van der Waals surface area contributed by atoms with Gasteiger partial charge < -0.3 is 19.5 Å². The minimum Gasteiger partial charge on any atom is -0.504 e. The van der Waals surface area contributed by atoms with Gasteiger partial charge in [0.05, 0.1) is 30.9 Å². The van der Waals surface area contributed by atoms with Gasteiger partial charge in [0.15, 0.2) is 16.7 Å². The number of amides is 1. The second-order valence-electron chi connectivity index (χ2n) is 6.92. The van der Waals surface area contributed by atoms with Crippen molar-refractivity contribution in [2.24, 2.45) is 4.99 Å². The molecule has 2 saturated heterocycles. The van der Waals surface area contributed by atoms with E-state index in [0.717, 1.165) is 43.2 Å². The Morgan fingerprint density at radius 1 is 1.17 bits per heavy atom. The second-order valence-corrected chi connectivity index (χ2v) is 7.93. The fourth-order valence-corrected chi connectivity index (χ4v) is 4.24. The molecule has 30 heavy (non-hydrogen) atoms. The first-order chi connectivity index (χ1) is 14.5. The maximum absolute atomic E-state index is 12.6. The number of benzene rings is 2. The lowest BCUT2D eigenvalue weighted by molar-refractivity contribution is -0.121. The summed E-state index contributed by atoms with van der Waals surface area (Å²) in [5.41, 5.74) is 2.71. The van der Waals surface area contributed by atoms with Crippen LogP contribution in [-0.4, -0.2) is 61.5 Å². The first-order valence-corrected chi connectivity index (χ1v) is 10.4. The number of morpholine rings is 1. The Kier molecular flexibility index (Phi) is 5.96. The van der Waals surface area contributed by atoms with Gasteiger partial charge in [-0.1, -0.05) is 6.07 Å². The van der Waals surface area contributed by atoms with Crippen LogP contribution >= 0.6 is 11.8 Å². The Morgan fingerprint density at radius 2 is 1.90 bits per heavy atom. The van der Waals surface area contributed by atoms with E-state index in [0.29, 0.717) is 15.8 Å². The Hall–Kier alpha value is -2.97. The molecular formula is C22H23N3O4S. The van der Waals surface area contributed by atoms with E-state index in [1.165, 1.54) is 18.9 Å². The molecule has 2 aromatic rings. The number of aromatic hydroxyl groups is 1. The van der Waals surface area contributed by atoms with Gasteiger partial charge in [-0.05, 0) is 59.8 Å². The third kappa shape index (κ3) is 4.29. The van der Waals surface area contributed by atoms with Gasteiger partial charge in [-0.15, -0.1) is 0 Å². The van der Waals surface area contributed by atoms with Crippen molar-refractivity contribution in [3.63, 3.8) is 0 Å². The van der Waals surface area contributed by atoms with Crippen LogP contribution in [0.1, 0.15) is 5.56 Å². The van der Waals surface area contributed by atoms with Crippen molar-refractivity contribution in [1.29, 1.82) is 0 Å². The number of carbonyl (C=O) groups excluding carboxylic acids is 1. The molecule has 0 saturated carbocycles. The largest absolute Gasteiger partial charge is 0.504 e. The number of carbonyl (C=O) groups is 1. The third-order valence-corrected chi connectivity index (χ3v) is 6.02. The smallest absolute Gasteiger partial charge is 0.266 e. The molecule has 156 valence electrons. The van der Waals surface area contributed by atoms with E-state index >= 15 is 0 Å². The van der Waals surface area contributed by atoms with Gasteiger partial charge in [-0.2, -0.15) is 0 Å². The number of amidine groups is 1. The van der Waals surface area contributed by atoms with Crippen molar-refractivity contribution < 1.29 is 19.4 Å². The molecule has 0 radical (unpaired) electrons. The van der Waals surface area contributed by atoms with Crippen LogP contribution in [0.4, 0.5) is 11.4 Å². The first-order valence-electron chi connectivity index (χ1n) is 9.61. The summed E-state index contributed by atoms with van der Waals surface area (Å²) in [6.07, 6.45) is 1.77. The lowest BCUT2D eigenvalue weighted by atomic mass is 10.2. The third-order valence-electron chi connectivity index (χ3n) is 4.96. The number of hydrogen-bond acceptors (Lipinski definition) is 7. The van der Waals surface area contributed by atoms with Crippen molar-refractivity contribution >= 4 is 40.3 Å². The van der Waals surface area contributed by atoms with Gasteiger partial charge in [0.2, 0.25) is 0 Å². The lowest BCUT2D eigenvalue weighted by Crippen LogP contribution is -2.36. The van der Waals surface area contributed by atoms with Crippen LogP contribution in [0.15, 0.2) is 52.4 Å². The molecule has 0 aromatic heterocycles. The molecule has 0 aliphatic carbocycles. The van der Waals surface area contributed by atoms with Gasteiger partial charge in [0.1, 0.15) is 0 Å². The quantitative estimate of drug-likeness (QED) is 0.756. The molecule has 0 bridgehead atoms. The molecule has 1 N–H and O–H groups in total. The number of phenolic OH excluding ortho intramolecular Hbond substituents is 1. The van der Waals surface area contributed by atoms with Gasteiger partial charge in [0.25, 0.3) is 5.91 Å². The zero-order chi connectivity index (χ0) is 21.1. The number of aliphatic imine (C=N–C) groups is 1. The lowest BCUT2D eigenvalue weighted by Gasteiger charge is -2.28. The fourth-order valence-electron chi connectivity index (χ4n) is 3.26. The van der Waals surface area contributed by atoms with Crippen LogP contribution in [0.2, 0.25) is 0 Å². The number of phenols is 1. The molecule has 2 fully saturated rings. The summed E-state index contributed by atoms with van der Waals surface area (Å²) in [4.78, 5) is 21.7. The summed E-state index contributed by atoms with van der Waals surface area (Å²) < 4.78 is 10.5. The van der Waals surface area contributed by atoms with Crippen LogP contribution < -0.4 is 9.64 Å². The van der Waals surface area contributed by atoms with Crippen LogP contribution in [0, 0.1) is 0 Å². The number of hydrogen-bond donors (Lipinski definition) is 1. The Morgan fingerprint density at radius 3 is 2.60 bits per heavy atom. The normalized spacial score (nSPS) is 19.7. The summed E-state index contributed by atoms with van der Waals surface area (Å²) in [5, 5.41) is 10.4. The summed E-state index contributed by atoms with van der Waals surface area (Å²) in [6.45, 7) is 3.26. The predicted octanol–water partition coefficient (Wildman–Crippen LogP) is 3.47. The minimum atomic E-state index is -0.115. The van der Waals surface area contributed by atoms with Crippen molar-refractivity contribution in [3.8, 4) is 11.5 Å². The van der Waals surface area contributed by atoms with Gasteiger partial charge in [-0.25, -0.2) is 4.99 Å². The first kappa shape index (κ1) is 20.3. The molecular weight excluding hydrogens is 402 g/mol. The van der Waals surface area contributed by atoms with Gasteiger partial charge >= 0.3 is 0 Å². The Labute approximate surface area is 179 Å². The van der Waals surface area contributed by atoms with E-state index in [-0.39, 0.29) is 11.7 Å². The van der Waals surface area contributed by atoms with Crippen molar-refractivity contribution in [2.75, 3.05) is 45.4 Å². The number of nitrogens with zero attached hydrogens (tertiary/aromatic N) is 3. The molecule has 1 amide bonds. The maximum atomic E-state index is 12.6. The predicted molar refractivity (Wildman–Crippen MR) is 120 cm³/mol. The van der Waals surface area contributed by atoms with E-state index in [9.17, 15) is 9.90 Å². The van der Waals surface area contributed by atoms with Crippen molar-refractivity contribution in [1.82, 2.24) is 4.90 Å². The molecule has 7 nitrogen and oxygen atoms in total. The van der Waals surface area contributed by atoms with Gasteiger partial charge in [-0.3, -0.25) is 9.69 Å². The molecule has 0 spiro atoms. The van der Waals surface area contributed by atoms with E-state index < -0.39 is 0 Å². The maximum Gasteiger partial charge on any atom is 0.266 e. The molecule has 4 rings (SSSR count). The highest BCUT2D eigenvalue weighted by Crippen LogP contribution is 2.35. The number of ether oxygens (including phenoxy) is 2. The van der Waals surface area contributed by atoms with Crippen molar-refractivity contribution in [2.45, 2.75) is 0 Å². The molecule has 8 heteroatoms. The fraction of sp³-hybridized carbons (Fsp3) is 0.273. The van der Waals surface area contributed by atoms with Crippen LogP contribution in [-0.2, 0) is 9.53 Å². The minimum absolute atomic E-state index is 0.0601. The number of thioether (sulfide) groups is 1. The summed E-state index contributed by atoms with van der Waals surface area (Å²) in [5.74, 6) is 0.308. The van der Waals surface area contributed by atoms with Gasteiger partial charge in [0, 0.05) is 25.8 Å². The van der Waals surface area contributed by atoms with E-state index in [1.54, 1.807) is 36.2 Å². The average Bonchev–Trinajstić information content (AvgIpc) is 3.04. The Bertz CT molecular complexity index is 998. The monoisotopic (exact) mass is 425 g/mol. The standard InChI is InChI=1S/C22H23N3O4S/c1-24-21(27)20(14-15-3-8-18(26)19(13-15)28-2)30-22(24)23-16-4-6-17(7-5-16)25-9-11-29-12-10-25/h3-8,13-14,26H,9-12H2,1-2H3. The number of likely N-dealkylation sites (N-methyl/N-ethyl adjacent to an activating group) is 1. The van der Waals surface area contributed by atoms with Crippen molar-refractivity contribution in [3.05, 3.63) is 52.9 Å². The van der Waals surface area contributed by atoms with Crippen LogP contribution in [0.3, 0.4) is 0 Å². The summed E-state index contributed by atoms with van der Waals surface area (Å²) in [6, 6.07) is 13.0. The van der Waals surface area contributed by atoms with Crippen LogP contribution in [0.5, 0.6) is 11.5 Å². The molecule has 2 aliphatic heterocycles. The highest BCUT2D eigenvalue weighted by molar-refractivity contribution is 8.18. The average molecular weight is 426 g/mol. The number of rotatable bonds is 4. The van der Waals surface area contributed by atoms with E-state index in [2.05, 4.69) is 9.89 Å². The summed E-state index contributed by atoms with van der Waals surface area (Å²) >= 11 is 1.32. The SMILES string of the molecule is COc1cc(C=C2SC(=Nc3ccc(N4CCOCC4)cc3)N(C)C2=O)ccc1O. The number of anilines is 1. The topological polar surface area (TPSA) is 74.6 Å². The van der Waals surface area contributed by atoms with E-state index in [4.69, 9.17) is 9.47 Å². The number of methoxy groups -OCH3 is 1. The Balaban J connectivity index is 1.52. The molecule has 0 unspecified atom stereocenters. The highest BCUT2D eigenvalue weighted by atomic mass is 32.2. The molecule has 2 heterocycles. The molecule has 2 aliphatic rings. The zero-order valence-electron chi connectivity index (χ0n) is 16.9. The molecule has 2 aromatic carbocycles. The van der Waals surface area contributed by atoms with E-state index in [1.807, 2.05) is 24.3 Å². The summed E-state index contributed by atoms with van der Waals surface area (Å²) in [7, 11) is 3.21. The van der Waals surface area contributed by atoms with Crippen LogP contribution in [0.25, 0.3) is 6.08 Å².